The van der Waals surface area contributed by atoms with Crippen molar-refractivity contribution in [2.45, 2.75) is 6.54 Å². The number of carbonyl (C=O) groups is 1. The Morgan fingerprint density at radius 3 is 2.50 bits per heavy atom. The van der Waals surface area contributed by atoms with E-state index in [2.05, 4.69) is 10.4 Å². The Morgan fingerprint density at radius 2 is 1.85 bits per heavy atom. The zero-order chi connectivity index (χ0) is 18.2. The van der Waals surface area contributed by atoms with Gasteiger partial charge in [0.25, 0.3) is 5.91 Å². The van der Waals surface area contributed by atoms with Gasteiger partial charge in [-0.2, -0.15) is 5.10 Å². The van der Waals surface area contributed by atoms with Gasteiger partial charge in [0.15, 0.2) is 0 Å². The van der Waals surface area contributed by atoms with E-state index in [1.807, 2.05) is 65.5 Å². The van der Waals surface area contributed by atoms with Crippen LogP contribution >= 0.6 is 0 Å². The van der Waals surface area contributed by atoms with Gasteiger partial charge in [0.2, 0.25) is 0 Å². The van der Waals surface area contributed by atoms with Crippen molar-refractivity contribution in [3.8, 4) is 5.75 Å². The number of carbonyl (C=O) groups excluding carboxylic acids is 1. The zero-order valence-corrected chi connectivity index (χ0v) is 14.6. The number of benzene rings is 2. The number of hydrogen-bond acceptors (Lipinski definition) is 4. The lowest BCUT2D eigenvalue weighted by molar-refractivity contribution is 0.102. The van der Waals surface area contributed by atoms with Crippen LogP contribution < -0.4 is 10.1 Å². The second-order valence-corrected chi connectivity index (χ2v) is 5.72. The topological polar surface area (TPSA) is 65.4 Å². The van der Waals surface area contributed by atoms with Gasteiger partial charge in [-0.1, -0.05) is 12.1 Å². The van der Waals surface area contributed by atoms with Crippen LogP contribution in [0.1, 0.15) is 15.9 Å². The van der Waals surface area contributed by atoms with Gasteiger partial charge < -0.3 is 14.8 Å². The summed E-state index contributed by atoms with van der Waals surface area (Å²) in [6.45, 7) is 1.71. The molecule has 1 amide bonds. The Hall–Kier alpha value is -3.12. The third-order valence-electron chi connectivity index (χ3n) is 3.79. The molecule has 0 atom stereocenters. The Bertz CT molecular complexity index is 813. The van der Waals surface area contributed by atoms with Crippen LogP contribution in [0.4, 0.5) is 5.69 Å². The van der Waals surface area contributed by atoms with Crippen molar-refractivity contribution in [2.24, 2.45) is 0 Å². The molecule has 26 heavy (non-hydrogen) atoms. The quantitative estimate of drug-likeness (QED) is 0.633. The number of nitrogens with one attached hydrogen (secondary N) is 1. The molecule has 0 saturated heterocycles. The van der Waals surface area contributed by atoms with Gasteiger partial charge in [-0.3, -0.25) is 9.48 Å². The molecule has 0 unspecified atom stereocenters. The minimum absolute atomic E-state index is 0.149. The predicted octanol–water partition coefficient (Wildman–Crippen LogP) is 3.21. The maximum absolute atomic E-state index is 12.4. The van der Waals surface area contributed by atoms with Gasteiger partial charge >= 0.3 is 0 Å². The van der Waals surface area contributed by atoms with Gasteiger partial charge in [-0.15, -0.1) is 0 Å². The highest BCUT2D eigenvalue weighted by Gasteiger charge is 2.06. The molecule has 0 aliphatic heterocycles. The molecular weight excluding hydrogens is 330 g/mol. The number of amides is 1. The smallest absolute Gasteiger partial charge is 0.255 e. The maximum Gasteiger partial charge on any atom is 0.255 e. The van der Waals surface area contributed by atoms with Crippen molar-refractivity contribution >= 4 is 11.6 Å². The molecule has 0 spiro atoms. The van der Waals surface area contributed by atoms with Gasteiger partial charge in [0, 0.05) is 30.8 Å². The molecule has 2 aromatic carbocycles. The molecule has 0 bridgehead atoms. The fourth-order valence-electron chi connectivity index (χ4n) is 2.42. The summed E-state index contributed by atoms with van der Waals surface area (Å²) in [6, 6.07) is 16.6. The Kier molecular flexibility index (Phi) is 6.01. The summed E-state index contributed by atoms with van der Waals surface area (Å²) >= 11 is 0. The van der Waals surface area contributed by atoms with Crippen molar-refractivity contribution < 1.29 is 14.3 Å². The number of aromatic nitrogens is 2. The highest BCUT2D eigenvalue weighted by Crippen LogP contribution is 2.17. The zero-order valence-electron chi connectivity index (χ0n) is 14.6. The Morgan fingerprint density at radius 1 is 1.08 bits per heavy atom. The van der Waals surface area contributed by atoms with Crippen molar-refractivity contribution in [1.82, 2.24) is 9.78 Å². The summed E-state index contributed by atoms with van der Waals surface area (Å²) in [7, 11) is 1.63. The molecule has 0 fully saturated rings. The maximum atomic E-state index is 12.4. The summed E-state index contributed by atoms with van der Waals surface area (Å²) in [6.07, 6.45) is 3.65. The van der Waals surface area contributed by atoms with Crippen LogP contribution in [0.25, 0.3) is 0 Å². The third-order valence-corrected chi connectivity index (χ3v) is 3.79. The largest absolute Gasteiger partial charge is 0.491 e. The van der Waals surface area contributed by atoms with Gasteiger partial charge in [-0.25, -0.2) is 0 Å². The predicted molar refractivity (Wildman–Crippen MR) is 99.5 cm³/mol. The molecule has 6 nitrogen and oxygen atoms in total. The first kappa shape index (κ1) is 17.7. The average molecular weight is 351 g/mol. The highest BCUT2D eigenvalue weighted by molar-refractivity contribution is 6.04. The van der Waals surface area contributed by atoms with Crippen molar-refractivity contribution in [1.29, 1.82) is 0 Å². The third kappa shape index (κ3) is 4.94. The van der Waals surface area contributed by atoms with E-state index in [1.54, 1.807) is 13.3 Å². The number of rotatable bonds is 8. The standard InChI is InChI=1S/C20H21N3O3/c1-25-13-14-26-19-9-7-18(8-10-19)22-20(24)17-5-3-16(4-6-17)15-23-12-2-11-21-23/h2-12H,13-15H2,1H3,(H,22,24). The molecule has 6 heteroatoms. The normalized spacial score (nSPS) is 10.5. The van der Waals surface area contributed by atoms with Gasteiger partial charge in [-0.05, 0) is 48.0 Å². The summed E-state index contributed by atoms with van der Waals surface area (Å²) in [4.78, 5) is 12.4. The van der Waals surface area contributed by atoms with E-state index >= 15 is 0 Å². The van der Waals surface area contributed by atoms with E-state index in [-0.39, 0.29) is 5.91 Å². The first-order valence-corrected chi connectivity index (χ1v) is 8.34. The summed E-state index contributed by atoms with van der Waals surface area (Å²) in [5.74, 6) is 0.590. The molecule has 3 aromatic rings. The van der Waals surface area contributed by atoms with Crippen LogP contribution in [0.3, 0.4) is 0 Å². The van der Waals surface area contributed by atoms with Crippen molar-refractivity contribution in [3.05, 3.63) is 78.1 Å². The molecule has 1 heterocycles. The fourth-order valence-corrected chi connectivity index (χ4v) is 2.42. The van der Waals surface area contributed by atoms with Gasteiger partial charge in [0.05, 0.1) is 13.2 Å². The van der Waals surface area contributed by atoms with Crippen molar-refractivity contribution in [2.75, 3.05) is 25.6 Å². The molecule has 134 valence electrons. The number of hydrogen-bond donors (Lipinski definition) is 1. The molecular formula is C20H21N3O3. The molecule has 0 saturated carbocycles. The number of methoxy groups -OCH3 is 1. The van der Waals surface area contributed by atoms with Crippen LogP contribution in [0, 0.1) is 0 Å². The van der Waals surface area contributed by atoms with E-state index in [1.165, 1.54) is 0 Å². The van der Waals surface area contributed by atoms with E-state index < -0.39 is 0 Å². The molecule has 0 aliphatic carbocycles. The lowest BCUT2D eigenvalue weighted by Gasteiger charge is -2.09. The van der Waals surface area contributed by atoms with Gasteiger partial charge in [0.1, 0.15) is 12.4 Å². The van der Waals surface area contributed by atoms with Crippen LogP contribution in [0.5, 0.6) is 5.75 Å². The molecule has 3 rings (SSSR count). The minimum atomic E-state index is -0.149. The fraction of sp³-hybridized carbons (Fsp3) is 0.200. The number of nitrogens with zero attached hydrogens (tertiary/aromatic N) is 2. The number of anilines is 1. The Labute approximate surface area is 152 Å². The summed E-state index contributed by atoms with van der Waals surface area (Å²) in [5, 5.41) is 7.06. The molecule has 0 radical (unpaired) electrons. The van der Waals surface area contributed by atoms with Crippen LogP contribution in [-0.2, 0) is 11.3 Å². The second-order valence-electron chi connectivity index (χ2n) is 5.72. The Balaban J connectivity index is 1.55. The minimum Gasteiger partial charge on any atom is -0.491 e. The second kappa shape index (κ2) is 8.82. The molecule has 1 aromatic heterocycles. The SMILES string of the molecule is COCCOc1ccc(NC(=O)c2ccc(Cn3cccn3)cc2)cc1. The summed E-state index contributed by atoms with van der Waals surface area (Å²) < 4.78 is 12.3. The molecule has 0 aliphatic rings. The van der Waals surface area contributed by atoms with Crippen LogP contribution in [-0.4, -0.2) is 36.0 Å². The first-order chi connectivity index (χ1) is 12.7. The van der Waals surface area contributed by atoms with E-state index in [0.717, 1.165) is 17.0 Å². The lowest BCUT2D eigenvalue weighted by atomic mass is 10.1. The van der Waals surface area contributed by atoms with Crippen molar-refractivity contribution in [3.63, 3.8) is 0 Å². The van der Waals surface area contributed by atoms with E-state index in [4.69, 9.17) is 9.47 Å². The number of ether oxygens (including phenoxy) is 2. The lowest BCUT2D eigenvalue weighted by Crippen LogP contribution is -2.12. The van der Waals surface area contributed by atoms with E-state index in [9.17, 15) is 4.79 Å². The van der Waals surface area contributed by atoms with E-state index in [0.29, 0.717) is 25.3 Å². The first-order valence-electron chi connectivity index (χ1n) is 8.34. The highest BCUT2D eigenvalue weighted by atomic mass is 16.5. The summed E-state index contributed by atoms with van der Waals surface area (Å²) in [5.41, 5.74) is 2.41. The molecule has 1 N–H and O–H groups in total. The van der Waals surface area contributed by atoms with Crippen LogP contribution in [0.15, 0.2) is 67.0 Å². The monoisotopic (exact) mass is 351 g/mol. The van der Waals surface area contributed by atoms with Crippen LogP contribution in [0.2, 0.25) is 0 Å². The average Bonchev–Trinajstić information content (AvgIpc) is 3.17.